The Balaban J connectivity index is 2.08. The molecule has 110 valence electrons. The summed E-state index contributed by atoms with van der Waals surface area (Å²) in [6.07, 6.45) is 3.18. The molecule has 0 fully saturated rings. The third-order valence-corrected chi connectivity index (χ3v) is 6.60. The number of thiophene rings is 1. The fraction of sp³-hybridized carbons (Fsp3) is 0.571. The molecule has 0 aromatic carbocycles. The molecule has 1 aromatic rings. The lowest BCUT2D eigenvalue weighted by atomic mass is 10.00. The first-order valence-corrected chi connectivity index (χ1v) is 9.40. The largest absolute Gasteiger partial charge is 0.288 e. The number of imide groups is 1. The van der Waals surface area contributed by atoms with Crippen LogP contribution < -0.4 is 5.32 Å². The van der Waals surface area contributed by atoms with Gasteiger partial charge in [0.1, 0.15) is 0 Å². The monoisotopic (exact) mass is 421 g/mol. The average molecular weight is 423 g/mol. The fourth-order valence-corrected chi connectivity index (χ4v) is 5.82. The van der Waals surface area contributed by atoms with Gasteiger partial charge in [-0.2, -0.15) is 0 Å². The molecule has 0 radical (unpaired) electrons. The molecular weight excluding hydrogens is 406 g/mol. The second kappa shape index (κ2) is 6.71. The van der Waals surface area contributed by atoms with E-state index in [1.807, 2.05) is 0 Å². The van der Waals surface area contributed by atoms with Crippen molar-refractivity contribution in [3.8, 4) is 0 Å². The predicted molar refractivity (Wildman–Crippen MR) is 89.2 cm³/mol. The van der Waals surface area contributed by atoms with Crippen LogP contribution in [0.1, 0.15) is 63.5 Å². The number of carbonyl (C=O) groups is 2. The van der Waals surface area contributed by atoms with E-state index in [0.717, 1.165) is 17.7 Å². The maximum Gasteiger partial charge on any atom is 0.260 e. The molecule has 3 nitrogen and oxygen atoms in total. The summed E-state index contributed by atoms with van der Waals surface area (Å²) in [4.78, 5) is 24.8. The minimum atomic E-state index is -0.276. The predicted octanol–water partition coefficient (Wildman–Crippen LogP) is 4.66. The first-order valence-electron chi connectivity index (χ1n) is 6.69. The zero-order valence-corrected chi connectivity index (χ0v) is 15.4. The van der Waals surface area contributed by atoms with E-state index < -0.39 is 0 Å². The highest BCUT2D eigenvalue weighted by atomic mass is 79.9. The van der Waals surface area contributed by atoms with Crippen LogP contribution in [0.2, 0.25) is 0 Å². The molecule has 20 heavy (non-hydrogen) atoms. The Hall–Kier alpha value is -0.200. The highest BCUT2D eigenvalue weighted by Crippen LogP contribution is 2.40. The maximum atomic E-state index is 11.8. The maximum absolute atomic E-state index is 11.8. The molecule has 3 unspecified atom stereocenters. The van der Waals surface area contributed by atoms with E-state index in [2.05, 4.69) is 51.0 Å². The van der Waals surface area contributed by atoms with Gasteiger partial charge >= 0.3 is 0 Å². The molecule has 1 aliphatic rings. The van der Waals surface area contributed by atoms with Crippen molar-refractivity contribution in [1.29, 1.82) is 0 Å². The smallest absolute Gasteiger partial charge is 0.260 e. The van der Waals surface area contributed by atoms with Gasteiger partial charge in [0.25, 0.3) is 11.8 Å². The van der Waals surface area contributed by atoms with Crippen molar-refractivity contribution in [2.45, 2.75) is 42.8 Å². The summed E-state index contributed by atoms with van der Waals surface area (Å²) < 4.78 is 0. The molecular formula is C14H17Br2NO2S. The summed E-state index contributed by atoms with van der Waals surface area (Å²) in [5.74, 6) is 0.138. The zero-order chi connectivity index (χ0) is 14.9. The molecule has 1 aromatic heterocycles. The van der Waals surface area contributed by atoms with Crippen molar-refractivity contribution in [3.05, 3.63) is 21.4 Å². The Morgan fingerprint density at radius 3 is 2.60 bits per heavy atom. The highest BCUT2D eigenvalue weighted by Gasteiger charge is 2.33. The number of fused-ring (bicyclic) bond motifs is 1. The van der Waals surface area contributed by atoms with Gasteiger partial charge in [-0.3, -0.25) is 14.9 Å². The second-order valence-electron chi connectivity index (χ2n) is 5.22. The van der Waals surface area contributed by atoms with Crippen LogP contribution in [0.5, 0.6) is 0 Å². The van der Waals surface area contributed by atoms with Gasteiger partial charge in [-0.1, -0.05) is 52.1 Å². The van der Waals surface area contributed by atoms with Crippen molar-refractivity contribution in [2.75, 3.05) is 0 Å². The minimum Gasteiger partial charge on any atom is -0.288 e. The van der Waals surface area contributed by atoms with E-state index in [1.54, 1.807) is 5.38 Å². The van der Waals surface area contributed by atoms with Crippen molar-refractivity contribution in [3.63, 3.8) is 0 Å². The van der Waals surface area contributed by atoms with Crippen LogP contribution in [0.3, 0.4) is 0 Å². The highest BCUT2D eigenvalue weighted by molar-refractivity contribution is 9.10. The fourth-order valence-electron chi connectivity index (χ4n) is 2.27. The Bertz CT molecular complexity index is 529. The van der Waals surface area contributed by atoms with E-state index >= 15 is 0 Å². The Labute approximate surface area is 139 Å². The summed E-state index contributed by atoms with van der Waals surface area (Å²) in [5.41, 5.74) is 1.08. The number of hydrogen-bond donors (Lipinski definition) is 1. The van der Waals surface area contributed by atoms with Crippen LogP contribution in [0, 0.1) is 5.92 Å². The summed E-state index contributed by atoms with van der Waals surface area (Å²) in [5, 5.41) is 4.12. The molecule has 3 atom stereocenters. The van der Waals surface area contributed by atoms with E-state index in [-0.39, 0.29) is 16.6 Å². The summed E-state index contributed by atoms with van der Waals surface area (Å²) >= 11 is 8.87. The van der Waals surface area contributed by atoms with Gasteiger partial charge in [-0.25, -0.2) is 0 Å². The number of alkyl halides is 2. The number of hydrogen-bond acceptors (Lipinski definition) is 3. The van der Waals surface area contributed by atoms with Crippen LogP contribution >= 0.6 is 43.2 Å². The normalized spacial score (nSPS) is 18.6. The van der Waals surface area contributed by atoms with Gasteiger partial charge in [0.05, 0.1) is 16.0 Å². The second-order valence-corrected chi connectivity index (χ2v) is 8.53. The summed E-state index contributed by atoms with van der Waals surface area (Å²) in [6.45, 7) is 4.44. The first-order chi connectivity index (χ1) is 9.43. The lowest BCUT2D eigenvalue weighted by Gasteiger charge is -2.17. The molecule has 2 rings (SSSR count). The van der Waals surface area contributed by atoms with Gasteiger partial charge in [0.2, 0.25) is 0 Å². The van der Waals surface area contributed by atoms with Crippen LogP contribution in [-0.2, 0) is 0 Å². The van der Waals surface area contributed by atoms with Gasteiger partial charge in [-0.15, -0.1) is 11.3 Å². The zero-order valence-electron chi connectivity index (χ0n) is 11.4. The van der Waals surface area contributed by atoms with Gasteiger partial charge in [0, 0.05) is 15.1 Å². The first kappa shape index (κ1) is 16.2. The minimum absolute atomic E-state index is 0.0985. The van der Waals surface area contributed by atoms with Crippen molar-refractivity contribution >= 4 is 55.0 Å². The lowest BCUT2D eigenvalue weighted by Crippen LogP contribution is -2.20. The van der Waals surface area contributed by atoms with Crippen LogP contribution in [0.25, 0.3) is 0 Å². The Morgan fingerprint density at radius 2 is 1.95 bits per heavy atom. The van der Waals surface area contributed by atoms with Gasteiger partial charge < -0.3 is 0 Å². The molecule has 0 spiro atoms. The Kier molecular flexibility index (Phi) is 5.42. The van der Waals surface area contributed by atoms with E-state index in [9.17, 15) is 9.59 Å². The van der Waals surface area contributed by atoms with E-state index in [4.69, 9.17) is 0 Å². The molecule has 0 saturated carbocycles. The standard InChI is InChI=1S/C14H17Br2NO2S/c1-3-7(2)4-8(15)5-10(16)12-11-9(6-20-12)13(18)17-14(11)19/h6-8,10H,3-5H2,1-2H3,(H,17,18,19). The van der Waals surface area contributed by atoms with Crippen molar-refractivity contribution in [1.82, 2.24) is 5.32 Å². The molecule has 0 saturated heterocycles. The molecule has 2 amide bonds. The van der Waals surface area contributed by atoms with Gasteiger partial charge in [-0.05, 0) is 18.8 Å². The SMILES string of the molecule is CCC(C)CC(Br)CC(Br)c1scc2c1C(=O)NC2=O. The molecule has 1 N–H and O–H groups in total. The topological polar surface area (TPSA) is 46.2 Å². The van der Waals surface area contributed by atoms with Crippen LogP contribution in [0.15, 0.2) is 5.38 Å². The molecule has 0 aliphatic carbocycles. The number of halogens is 2. The third-order valence-electron chi connectivity index (χ3n) is 3.62. The van der Waals surface area contributed by atoms with Crippen molar-refractivity contribution < 1.29 is 9.59 Å². The summed E-state index contributed by atoms with van der Waals surface area (Å²) in [7, 11) is 0. The average Bonchev–Trinajstić information content (AvgIpc) is 2.92. The van der Waals surface area contributed by atoms with E-state index in [0.29, 0.717) is 21.9 Å². The number of amides is 2. The Morgan fingerprint density at radius 1 is 1.25 bits per heavy atom. The summed E-state index contributed by atoms with van der Waals surface area (Å²) in [6, 6.07) is 0. The lowest BCUT2D eigenvalue weighted by molar-refractivity contribution is 0.0879. The van der Waals surface area contributed by atoms with Crippen LogP contribution in [0.4, 0.5) is 0 Å². The number of carbonyl (C=O) groups excluding carboxylic acids is 2. The molecule has 6 heteroatoms. The third kappa shape index (κ3) is 3.34. The number of rotatable bonds is 6. The number of nitrogens with one attached hydrogen (secondary N) is 1. The molecule has 0 bridgehead atoms. The van der Waals surface area contributed by atoms with Gasteiger partial charge in [0.15, 0.2) is 0 Å². The van der Waals surface area contributed by atoms with Crippen LogP contribution in [-0.4, -0.2) is 16.6 Å². The quantitative estimate of drug-likeness (QED) is 0.535. The molecule has 1 aliphatic heterocycles. The van der Waals surface area contributed by atoms with E-state index in [1.165, 1.54) is 17.8 Å². The molecule has 2 heterocycles. The van der Waals surface area contributed by atoms with Crippen molar-refractivity contribution in [2.24, 2.45) is 5.92 Å².